The molecule has 4 aliphatic rings. The smallest absolute Gasteiger partial charge is 0.322 e. The number of nitrogens with zero attached hydrogens (tertiary/aromatic N) is 1. The van der Waals surface area contributed by atoms with Crippen LogP contribution in [0, 0.1) is 5.92 Å². The zero-order chi connectivity index (χ0) is 24.0. The van der Waals surface area contributed by atoms with Gasteiger partial charge in [-0.3, -0.25) is 14.9 Å². The predicted octanol–water partition coefficient (Wildman–Crippen LogP) is 1.95. The summed E-state index contributed by atoms with van der Waals surface area (Å²) in [5.41, 5.74) is 2.72. The molecular formula is C28H26N4O3. The van der Waals surface area contributed by atoms with Crippen LogP contribution < -0.4 is 31.3 Å². The minimum absolute atomic E-state index is 0.126. The van der Waals surface area contributed by atoms with Gasteiger partial charge >= 0.3 is 6.03 Å². The second kappa shape index (κ2) is 8.27. The summed E-state index contributed by atoms with van der Waals surface area (Å²) >= 11 is 0. The van der Waals surface area contributed by atoms with E-state index in [9.17, 15) is 14.4 Å². The fourth-order valence-corrected chi connectivity index (χ4v) is 5.46. The largest absolute Gasteiger partial charge is 0.370 e. The average molecular weight is 467 g/mol. The van der Waals surface area contributed by atoms with Gasteiger partial charge in [0.05, 0.1) is 11.4 Å². The Morgan fingerprint density at radius 3 is 2.34 bits per heavy atom. The molecule has 2 aromatic rings. The van der Waals surface area contributed by atoms with E-state index in [-0.39, 0.29) is 17.7 Å². The van der Waals surface area contributed by atoms with Crippen LogP contribution in [0.3, 0.4) is 0 Å². The second-order valence-corrected chi connectivity index (χ2v) is 9.52. The Kier molecular flexibility index (Phi) is 5.06. The van der Waals surface area contributed by atoms with E-state index in [0.717, 1.165) is 17.8 Å². The molecule has 6 rings (SSSR count). The molecule has 2 fully saturated rings. The number of anilines is 2. The number of imide groups is 1. The van der Waals surface area contributed by atoms with Crippen molar-refractivity contribution in [3.63, 3.8) is 0 Å². The van der Waals surface area contributed by atoms with Crippen LogP contribution in [0.2, 0.25) is 0 Å². The number of piperidine rings is 1. The molecule has 2 aliphatic heterocycles. The number of benzene rings is 2. The first-order valence-electron chi connectivity index (χ1n) is 12.0. The lowest BCUT2D eigenvalue weighted by Gasteiger charge is -2.38. The van der Waals surface area contributed by atoms with E-state index in [2.05, 4.69) is 45.1 Å². The number of allylic oxidation sites excluding steroid dienone is 2. The molecule has 0 atom stereocenters. The van der Waals surface area contributed by atoms with Gasteiger partial charge in [0.2, 0.25) is 0 Å². The quantitative estimate of drug-likeness (QED) is 0.601. The lowest BCUT2D eigenvalue weighted by molar-refractivity contribution is -0.124. The first-order valence-corrected chi connectivity index (χ1v) is 12.0. The van der Waals surface area contributed by atoms with Crippen LogP contribution in [0.4, 0.5) is 16.2 Å². The Morgan fingerprint density at radius 1 is 0.971 bits per heavy atom. The fraction of sp³-hybridized carbons (Fsp3) is 0.250. The topological polar surface area (TPSA) is 90.5 Å². The summed E-state index contributed by atoms with van der Waals surface area (Å²) in [5, 5.41) is 10.7. The summed E-state index contributed by atoms with van der Waals surface area (Å²) in [7, 11) is 0. The van der Waals surface area contributed by atoms with E-state index in [1.54, 1.807) is 0 Å². The molecule has 4 amide bonds. The zero-order valence-electron chi connectivity index (χ0n) is 19.2. The number of hydrogen-bond donors (Lipinski definition) is 3. The Bertz CT molecular complexity index is 1400. The molecule has 35 heavy (non-hydrogen) atoms. The fourth-order valence-electron chi connectivity index (χ4n) is 5.46. The van der Waals surface area contributed by atoms with E-state index in [4.69, 9.17) is 0 Å². The monoisotopic (exact) mass is 466 g/mol. The lowest BCUT2D eigenvalue weighted by atomic mass is 9.87. The van der Waals surface area contributed by atoms with Gasteiger partial charge < -0.3 is 15.5 Å². The first-order chi connectivity index (χ1) is 17.0. The molecule has 2 aliphatic carbocycles. The van der Waals surface area contributed by atoms with Gasteiger partial charge in [0, 0.05) is 24.6 Å². The van der Waals surface area contributed by atoms with Crippen molar-refractivity contribution in [2.75, 3.05) is 23.3 Å². The molecule has 7 nitrogen and oxygen atoms in total. The van der Waals surface area contributed by atoms with Crippen molar-refractivity contribution in [2.45, 2.75) is 24.8 Å². The number of nitrogens with one attached hydrogen (secondary N) is 3. The van der Waals surface area contributed by atoms with Crippen LogP contribution in [0.5, 0.6) is 0 Å². The molecule has 0 radical (unpaired) electrons. The van der Waals surface area contributed by atoms with Gasteiger partial charge in [-0.2, -0.15) is 0 Å². The average Bonchev–Trinajstić information content (AvgIpc) is 3.58. The zero-order valence-corrected chi connectivity index (χ0v) is 19.2. The number of para-hydroxylation sites is 2. The van der Waals surface area contributed by atoms with Crippen molar-refractivity contribution in [3.05, 3.63) is 82.3 Å². The summed E-state index contributed by atoms with van der Waals surface area (Å²) in [5.74, 6) is -0.159. The Balaban J connectivity index is 1.15. The minimum Gasteiger partial charge on any atom is -0.370 e. The number of urea groups is 1. The van der Waals surface area contributed by atoms with Gasteiger partial charge in [-0.15, -0.1) is 0 Å². The van der Waals surface area contributed by atoms with Gasteiger partial charge in [0.15, 0.2) is 0 Å². The van der Waals surface area contributed by atoms with Crippen molar-refractivity contribution in [3.8, 4) is 0 Å². The van der Waals surface area contributed by atoms with E-state index >= 15 is 0 Å². The summed E-state index contributed by atoms with van der Waals surface area (Å²) < 4.78 is 0. The van der Waals surface area contributed by atoms with Gasteiger partial charge in [-0.05, 0) is 47.9 Å². The molecule has 0 saturated carbocycles. The molecule has 0 bridgehead atoms. The third kappa shape index (κ3) is 3.83. The van der Waals surface area contributed by atoms with Gasteiger partial charge in [-0.25, -0.2) is 4.79 Å². The van der Waals surface area contributed by atoms with E-state index in [1.807, 2.05) is 48.6 Å². The van der Waals surface area contributed by atoms with Crippen molar-refractivity contribution < 1.29 is 14.4 Å². The second-order valence-electron chi connectivity index (χ2n) is 9.52. The van der Waals surface area contributed by atoms with Crippen LogP contribution >= 0.6 is 0 Å². The SMILES string of the molecule is O=C1NC(=O)C2(CCN(c3ccccc3NC(=O)C3=CCC(C4C=c5ccccc5=C4)=C3)CC2)N1. The van der Waals surface area contributed by atoms with Gasteiger partial charge in [-0.1, -0.05) is 60.2 Å². The van der Waals surface area contributed by atoms with Crippen LogP contribution in [0.25, 0.3) is 12.2 Å². The highest BCUT2D eigenvalue weighted by molar-refractivity contribution is 6.08. The maximum Gasteiger partial charge on any atom is 0.322 e. The molecule has 176 valence electrons. The summed E-state index contributed by atoms with van der Waals surface area (Å²) in [6, 6.07) is 15.6. The third-order valence-electron chi connectivity index (χ3n) is 7.43. The highest BCUT2D eigenvalue weighted by Gasteiger charge is 2.48. The van der Waals surface area contributed by atoms with E-state index in [0.29, 0.717) is 31.5 Å². The van der Waals surface area contributed by atoms with Crippen LogP contribution in [-0.2, 0) is 9.59 Å². The number of hydrogen-bond acceptors (Lipinski definition) is 4. The number of fused-ring (bicyclic) bond motifs is 1. The van der Waals surface area contributed by atoms with Gasteiger partial charge in [0.25, 0.3) is 11.8 Å². The molecule has 3 N–H and O–H groups in total. The lowest BCUT2D eigenvalue weighted by Crippen LogP contribution is -2.55. The third-order valence-corrected chi connectivity index (χ3v) is 7.43. The van der Waals surface area contributed by atoms with Crippen molar-refractivity contribution in [2.24, 2.45) is 5.92 Å². The molecular weight excluding hydrogens is 440 g/mol. The molecule has 2 saturated heterocycles. The van der Waals surface area contributed by atoms with Crippen molar-refractivity contribution in [1.82, 2.24) is 10.6 Å². The summed E-state index contributed by atoms with van der Waals surface area (Å²) in [4.78, 5) is 39.2. The highest BCUT2D eigenvalue weighted by atomic mass is 16.2. The van der Waals surface area contributed by atoms with Crippen molar-refractivity contribution >= 4 is 41.4 Å². The Labute approximate surface area is 202 Å². The summed E-state index contributed by atoms with van der Waals surface area (Å²) in [6.07, 6.45) is 10.3. The maximum absolute atomic E-state index is 13.1. The molecule has 1 spiro atoms. The molecule has 2 aromatic carbocycles. The number of rotatable bonds is 4. The van der Waals surface area contributed by atoms with Crippen molar-refractivity contribution in [1.29, 1.82) is 0 Å². The Hall–Kier alpha value is -4.13. The van der Waals surface area contributed by atoms with E-state index < -0.39 is 11.6 Å². The summed E-state index contributed by atoms with van der Waals surface area (Å²) in [6.45, 7) is 1.20. The van der Waals surface area contributed by atoms with E-state index in [1.165, 1.54) is 16.0 Å². The Morgan fingerprint density at radius 2 is 1.66 bits per heavy atom. The van der Waals surface area contributed by atoms with Crippen LogP contribution in [-0.4, -0.2) is 36.5 Å². The normalized spacial score (nSPS) is 20.4. The standard InChI is InChI=1S/C28H26N4O3/c33-25(21-10-9-20(15-21)22-16-18-5-1-2-6-19(18)17-22)29-23-7-3-4-8-24(23)32-13-11-28(12-14-32)26(34)30-27(35)31-28/h1-8,10,15-17,22H,9,11-14H2,(H,29,33)(H2,30,31,34,35). The molecule has 0 aromatic heterocycles. The van der Waals surface area contributed by atoms with Crippen LogP contribution in [0.1, 0.15) is 19.3 Å². The molecule has 0 unspecified atom stereocenters. The first kappa shape index (κ1) is 21.4. The number of carbonyl (C=O) groups excluding carboxylic acids is 3. The molecule has 7 heteroatoms. The minimum atomic E-state index is -0.824. The predicted molar refractivity (Wildman–Crippen MR) is 135 cm³/mol. The van der Waals surface area contributed by atoms with Gasteiger partial charge in [0.1, 0.15) is 5.54 Å². The van der Waals surface area contributed by atoms with Crippen LogP contribution in [0.15, 0.2) is 71.8 Å². The maximum atomic E-state index is 13.1. The molecule has 2 heterocycles. The highest BCUT2D eigenvalue weighted by Crippen LogP contribution is 2.34. The number of amides is 4. The number of carbonyl (C=O) groups is 3.